The van der Waals surface area contributed by atoms with Crippen molar-refractivity contribution in [1.29, 1.82) is 0 Å². The molecule has 2 aromatic rings. The monoisotopic (exact) mass is 253 g/mol. The van der Waals surface area contributed by atoms with E-state index in [0.29, 0.717) is 12.0 Å². The van der Waals surface area contributed by atoms with Gasteiger partial charge in [0, 0.05) is 11.7 Å². The third-order valence-corrected chi connectivity index (χ3v) is 3.59. The van der Waals surface area contributed by atoms with E-state index in [1.165, 1.54) is 22.4 Å². The summed E-state index contributed by atoms with van der Waals surface area (Å²) < 4.78 is 0. The Morgan fingerprint density at radius 3 is 2.32 bits per heavy atom. The number of hydrogen-bond acceptors (Lipinski definition) is 1. The zero-order valence-corrected chi connectivity index (χ0v) is 12.3. The van der Waals surface area contributed by atoms with Crippen molar-refractivity contribution in [3.63, 3.8) is 0 Å². The molecule has 19 heavy (non-hydrogen) atoms. The lowest BCUT2D eigenvalue weighted by Gasteiger charge is -2.18. The molecular weight excluding hydrogens is 230 g/mol. The first-order valence-corrected chi connectivity index (χ1v) is 7.00. The van der Waals surface area contributed by atoms with E-state index in [9.17, 15) is 0 Å². The molecule has 0 aliphatic heterocycles. The quantitative estimate of drug-likeness (QED) is 0.780. The van der Waals surface area contributed by atoms with E-state index in [1.807, 2.05) is 0 Å². The molecule has 0 aliphatic rings. The molecule has 0 aliphatic carbocycles. The van der Waals surface area contributed by atoms with Crippen LogP contribution in [0.15, 0.2) is 48.5 Å². The molecule has 0 spiro atoms. The van der Waals surface area contributed by atoms with E-state index in [0.717, 1.165) is 0 Å². The molecule has 0 saturated heterocycles. The number of aryl methyl sites for hydroxylation is 1. The Bertz CT molecular complexity index is 543. The molecule has 0 bridgehead atoms. The molecule has 1 heteroatoms. The van der Waals surface area contributed by atoms with Crippen LogP contribution in [0.4, 0.5) is 5.69 Å². The molecular formula is C18H23N. The minimum Gasteiger partial charge on any atom is -0.379 e. The molecule has 100 valence electrons. The summed E-state index contributed by atoms with van der Waals surface area (Å²) in [6, 6.07) is 17.6. The van der Waals surface area contributed by atoms with Gasteiger partial charge in [0.25, 0.3) is 0 Å². The first-order valence-electron chi connectivity index (χ1n) is 7.00. The van der Waals surface area contributed by atoms with Gasteiger partial charge in [0.05, 0.1) is 0 Å². The fourth-order valence-corrected chi connectivity index (χ4v) is 2.39. The van der Waals surface area contributed by atoms with Crippen molar-refractivity contribution >= 4 is 5.69 Å². The maximum absolute atomic E-state index is 3.59. The Labute approximate surface area is 116 Å². The molecule has 0 fully saturated rings. The molecule has 1 N–H and O–H groups in total. The molecule has 2 aromatic carbocycles. The van der Waals surface area contributed by atoms with Crippen LogP contribution in [0.25, 0.3) is 0 Å². The molecule has 1 nitrogen and oxygen atoms in total. The van der Waals surface area contributed by atoms with Crippen LogP contribution in [0.2, 0.25) is 0 Å². The summed E-state index contributed by atoms with van der Waals surface area (Å²) in [6.07, 6.45) is 0. The summed E-state index contributed by atoms with van der Waals surface area (Å²) in [5.74, 6) is 0.565. The number of hydrogen-bond donors (Lipinski definition) is 1. The average molecular weight is 253 g/mol. The lowest BCUT2D eigenvalue weighted by Crippen LogP contribution is -2.08. The average Bonchev–Trinajstić information content (AvgIpc) is 2.39. The van der Waals surface area contributed by atoms with E-state index in [-0.39, 0.29) is 0 Å². The fourth-order valence-electron chi connectivity index (χ4n) is 2.39. The van der Waals surface area contributed by atoms with Crippen LogP contribution < -0.4 is 5.32 Å². The zero-order chi connectivity index (χ0) is 13.8. The van der Waals surface area contributed by atoms with Crippen LogP contribution in [0.3, 0.4) is 0 Å². The van der Waals surface area contributed by atoms with Crippen molar-refractivity contribution in [2.45, 2.75) is 39.7 Å². The van der Waals surface area contributed by atoms with Gasteiger partial charge in [-0.3, -0.25) is 0 Å². The first kappa shape index (κ1) is 13.7. The number of anilines is 1. The predicted octanol–water partition coefficient (Wildman–Crippen LogP) is 5.29. The summed E-state index contributed by atoms with van der Waals surface area (Å²) >= 11 is 0. The van der Waals surface area contributed by atoms with E-state index >= 15 is 0 Å². The summed E-state index contributed by atoms with van der Waals surface area (Å²) in [6.45, 7) is 8.83. The highest BCUT2D eigenvalue weighted by Gasteiger charge is 2.08. The van der Waals surface area contributed by atoms with Gasteiger partial charge in [0.15, 0.2) is 0 Å². The Morgan fingerprint density at radius 2 is 1.63 bits per heavy atom. The van der Waals surface area contributed by atoms with Crippen molar-refractivity contribution in [2.75, 3.05) is 5.32 Å². The standard InChI is InChI=1S/C18H23N/c1-13(2)16-9-7-10-17(12-16)19-15(4)18-11-6-5-8-14(18)3/h5-13,15,19H,1-4H3. The van der Waals surface area contributed by atoms with Gasteiger partial charge in [-0.05, 0) is 48.6 Å². The van der Waals surface area contributed by atoms with E-state index in [2.05, 4.69) is 81.5 Å². The van der Waals surface area contributed by atoms with Gasteiger partial charge in [-0.25, -0.2) is 0 Å². The van der Waals surface area contributed by atoms with Crippen molar-refractivity contribution in [1.82, 2.24) is 0 Å². The Hall–Kier alpha value is -1.76. The molecule has 1 atom stereocenters. The minimum atomic E-state index is 0.323. The molecule has 0 radical (unpaired) electrons. The highest BCUT2D eigenvalue weighted by atomic mass is 14.9. The highest BCUT2D eigenvalue weighted by Crippen LogP contribution is 2.24. The van der Waals surface area contributed by atoms with Crippen molar-refractivity contribution in [3.8, 4) is 0 Å². The second-order valence-electron chi connectivity index (χ2n) is 5.50. The lowest BCUT2D eigenvalue weighted by molar-refractivity contribution is 0.855. The van der Waals surface area contributed by atoms with Crippen LogP contribution in [-0.4, -0.2) is 0 Å². The molecule has 0 amide bonds. The van der Waals surface area contributed by atoms with Crippen molar-refractivity contribution in [2.24, 2.45) is 0 Å². The maximum Gasteiger partial charge on any atom is 0.0488 e. The van der Waals surface area contributed by atoms with Crippen LogP contribution in [0.5, 0.6) is 0 Å². The third kappa shape index (κ3) is 3.37. The normalized spacial score (nSPS) is 12.5. The van der Waals surface area contributed by atoms with Gasteiger partial charge in [-0.2, -0.15) is 0 Å². The van der Waals surface area contributed by atoms with Gasteiger partial charge in [-0.15, -0.1) is 0 Å². The first-order chi connectivity index (χ1) is 9.08. The van der Waals surface area contributed by atoms with Gasteiger partial charge >= 0.3 is 0 Å². The Balaban J connectivity index is 2.17. The van der Waals surface area contributed by atoms with Crippen LogP contribution in [0, 0.1) is 6.92 Å². The SMILES string of the molecule is Cc1ccccc1C(C)Nc1cccc(C(C)C)c1. The second-order valence-corrected chi connectivity index (χ2v) is 5.50. The second kappa shape index (κ2) is 5.92. The molecule has 0 aromatic heterocycles. The number of nitrogens with one attached hydrogen (secondary N) is 1. The van der Waals surface area contributed by atoms with Gasteiger partial charge < -0.3 is 5.32 Å². The van der Waals surface area contributed by atoms with Gasteiger partial charge in [-0.1, -0.05) is 50.2 Å². The van der Waals surface area contributed by atoms with Crippen molar-refractivity contribution in [3.05, 3.63) is 65.2 Å². The highest BCUT2D eigenvalue weighted by molar-refractivity contribution is 5.49. The van der Waals surface area contributed by atoms with Crippen molar-refractivity contribution < 1.29 is 0 Å². The molecule has 2 rings (SSSR count). The summed E-state index contributed by atoms with van der Waals surface area (Å²) in [4.78, 5) is 0. The van der Waals surface area contributed by atoms with Crippen LogP contribution in [0.1, 0.15) is 49.4 Å². The predicted molar refractivity (Wildman–Crippen MR) is 83.7 cm³/mol. The lowest BCUT2D eigenvalue weighted by atomic mass is 10.0. The third-order valence-electron chi connectivity index (χ3n) is 3.59. The Morgan fingerprint density at radius 1 is 0.895 bits per heavy atom. The smallest absolute Gasteiger partial charge is 0.0488 e. The Kier molecular flexibility index (Phi) is 4.26. The summed E-state index contributed by atoms with van der Waals surface area (Å²) in [5.41, 5.74) is 5.27. The van der Waals surface area contributed by atoms with E-state index < -0.39 is 0 Å². The van der Waals surface area contributed by atoms with Crippen LogP contribution in [-0.2, 0) is 0 Å². The summed E-state index contributed by atoms with van der Waals surface area (Å²) in [5, 5.41) is 3.59. The fraction of sp³-hybridized carbons (Fsp3) is 0.333. The van der Waals surface area contributed by atoms with Gasteiger partial charge in [0.2, 0.25) is 0 Å². The van der Waals surface area contributed by atoms with E-state index in [1.54, 1.807) is 0 Å². The maximum atomic E-state index is 3.59. The largest absolute Gasteiger partial charge is 0.379 e. The number of rotatable bonds is 4. The zero-order valence-electron chi connectivity index (χ0n) is 12.3. The number of benzene rings is 2. The van der Waals surface area contributed by atoms with Gasteiger partial charge in [0.1, 0.15) is 0 Å². The topological polar surface area (TPSA) is 12.0 Å². The minimum absolute atomic E-state index is 0.323. The molecule has 1 unspecified atom stereocenters. The summed E-state index contributed by atoms with van der Waals surface area (Å²) in [7, 11) is 0. The molecule has 0 heterocycles. The molecule has 0 saturated carbocycles. The van der Waals surface area contributed by atoms with E-state index in [4.69, 9.17) is 0 Å². The van der Waals surface area contributed by atoms with Crippen LogP contribution >= 0.6 is 0 Å².